The minimum absolute atomic E-state index is 0.0166. The van der Waals surface area contributed by atoms with Crippen molar-refractivity contribution in [2.75, 3.05) is 12.0 Å². The first-order valence-electron chi connectivity index (χ1n) is 5.15. The molecule has 0 saturated heterocycles. The van der Waals surface area contributed by atoms with Crippen LogP contribution in [0.2, 0.25) is 0 Å². The predicted molar refractivity (Wildman–Crippen MR) is 61.2 cm³/mol. The van der Waals surface area contributed by atoms with Crippen molar-refractivity contribution in [3.63, 3.8) is 0 Å². The minimum Gasteiger partial charge on any atom is -0.312 e. The molecule has 84 valence electrons. The molecule has 0 bridgehead atoms. The van der Waals surface area contributed by atoms with Crippen LogP contribution in [0.1, 0.15) is 27.2 Å². The molecule has 1 heterocycles. The zero-order chi connectivity index (χ0) is 11.3. The number of nitrogens with one attached hydrogen (secondary N) is 2. The third-order valence-electron chi connectivity index (χ3n) is 1.87. The van der Waals surface area contributed by atoms with Gasteiger partial charge in [-0.15, -0.1) is 0 Å². The third-order valence-corrected chi connectivity index (χ3v) is 1.87. The summed E-state index contributed by atoms with van der Waals surface area (Å²) in [4.78, 5) is 11.4. The van der Waals surface area contributed by atoms with Crippen molar-refractivity contribution in [1.82, 2.24) is 9.99 Å². The van der Waals surface area contributed by atoms with E-state index in [2.05, 4.69) is 31.5 Å². The Morgan fingerprint density at radius 3 is 2.40 bits per heavy atom. The van der Waals surface area contributed by atoms with Gasteiger partial charge < -0.3 is 5.32 Å². The second kappa shape index (κ2) is 4.98. The third kappa shape index (κ3) is 5.22. The number of amides is 1. The van der Waals surface area contributed by atoms with Gasteiger partial charge in [-0.2, -0.15) is 0 Å². The first kappa shape index (κ1) is 11.8. The van der Waals surface area contributed by atoms with E-state index >= 15 is 0 Å². The molecule has 0 spiro atoms. The van der Waals surface area contributed by atoms with E-state index in [0.717, 1.165) is 0 Å². The van der Waals surface area contributed by atoms with Gasteiger partial charge in [0.15, 0.2) is 0 Å². The molecule has 0 aliphatic heterocycles. The monoisotopic (exact) mass is 209 g/mol. The minimum atomic E-state index is 0.0166. The Bertz CT molecular complexity index is 298. The smallest absolute Gasteiger partial charge is 0.240 e. The molecule has 0 aliphatic rings. The van der Waals surface area contributed by atoms with E-state index < -0.39 is 0 Å². The van der Waals surface area contributed by atoms with Gasteiger partial charge in [0.1, 0.15) is 0 Å². The number of carbonyl (C=O) groups is 1. The SMILES string of the molecule is CC(C)(C)NCCC(=O)Nn1cccc1. The summed E-state index contributed by atoms with van der Waals surface area (Å²) in [6, 6.07) is 3.74. The molecule has 0 fully saturated rings. The van der Waals surface area contributed by atoms with E-state index in [1.807, 2.05) is 12.1 Å². The zero-order valence-electron chi connectivity index (χ0n) is 9.58. The van der Waals surface area contributed by atoms with E-state index in [1.54, 1.807) is 17.1 Å². The molecule has 0 unspecified atom stereocenters. The van der Waals surface area contributed by atoms with Crippen molar-refractivity contribution >= 4 is 5.91 Å². The zero-order valence-corrected chi connectivity index (χ0v) is 9.58. The lowest BCUT2D eigenvalue weighted by atomic mass is 10.1. The van der Waals surface area contributed by atoms with Crippen LogP contribution in [0.25, 0.3) is 0 Å². The molecule has 1 rings (SSSR count). The van der Waals surface area contributed by atoms with Crippen LogP contribution in [-0.2, 0) is 4.79 Å². The summed E-state index contributed by atoms with van der Waals surface area (Å²) in [5.41, 5.74) is 2.81. The van der Waals surface area contributed by atoms with Crippen LogP contribution in [0, 0.1) is 0 Å². The van der Waals surface area contributed by atoms with E-state index in [4.69, 9.17) is 0 Å². The highest BCUT2D eigenvalue weighted by molar-refractivity contribution is 5.83. The molecule has 15 heavy (non-hydrogen) atoms. The molecule has 2 N–H and O–H groups in total. The second-order valence-electron chi connectivity index (χ2n) is 4.55. The molecule has 4 heteroatoms. The molecule has 0 aliphatic carbocycles. The molecule has 0 atom stereocenters. The van der Waals surface area contributed by atoms with Crippen molar-refractivity contribution in [3.8, 4) is 0 Å². The Morgan fingerprint density at radius 2 is 1.87 bits per heavy atom. The first-order valence-corrected chi connectivity index (χ1v) is 5.15. The Hall–Kier alpha value is -1.29. The standard InChI is InChI=1S/C11H19N3O/c1-11(2,3)12-7-6-10(15)13-14-8-4-5-9-14/h4-5,8-9,12H,6-7H2,1-3H3,(H,13,15). The second-order valence-corrected chi connectivity index (χ2v) is 4.55. The largest absolute Gasteiger partial charge is 0.312 e. The van der Waals surface area contributed by atoms with Crippen LogP contribution < -0.4 is 10.7 Å². The highest BCUT2D eigenvalue weighted by Gasteiger charge is 2.09. The molecular weight excluding hydrogens is 190 g/mol. The summed E-state index contributed by atoms with van der Waals surface area (Å²) in [6.07, 6.45) is 4.08. The van der Waals surface area contributed by atoms with Gasteiger partial charge in [0, 0.05) is 30.9 Å². The molecule has 1 amide bonds. The van der Waals surface area contributed by atoms with Crippen molar-refractivity contribution in [3.05, 3.63) is 24.5 Å². The van der Waals surface area contributed by atoms with Crippen LogP contribution in [0.5, 0.6) is 0 Å². The van der Waals surface area contributed by atoms with Crippen LogP contribution in [0.15, 0.2) is 24.5 Å². The van der Waals surface area contributed by atoms with Crippen LogP contribution in [0.4, 0.5) is 0 Å². The van der Waals surface area contributed by atoms with E-state index in [-0.39, 0.29) is 11.4 Å². The van der Waals surface area contributed by atoms with Gasteiger partial charge >= 0.3 is 0 Å². The quantitative estimate of drug-likeness (QED) is 0.786. The van der Waals surface area contributed by atoms with Gasteiger partial charge in [0.2, 0.25) is 5.91 Å². The average molecular weight is 209 g/mol. The number of hydrogen-bond donors (Lipinski definition) is 2. The van der Waals surface area contributed by atoms with Gasteiger partial charge in [-0.1, -0.05) is 0 Å². The molecular formula is C11H19N3O. The molecule has 0 saturated carbocycles. The van der Waals surface area contributed by atoms with E-state index in [9.17, 15) is 4.79 Å². The number of nitrogens with zero attached hydrogens (tertiary/aromatic N) is 1. The maximum Gasteiger partial charge on any atom is 0.240 e. The fraction of sp³-hybridized carbons (Fsp3) is 0.545. The van der Waals surface area contributed by atoms with Crippen molar-refractivity contribution in [1.29, 1.82) is 0 Å². The highest BCUT2D eigenvalue weighted by Crippen LogP contribution is 1.98. The predicted octanol–water partition coefficient (Wildman–Crippen LogP) is 1.34. The summed E-state index contributed by atoms with van der Waals surface area (Å²) >= 11 is 0. The van der Waals surface area contributed by atoms with E-state index in [1.165, 1.54) is 0 Å². The number of rotatable bonds is 4. The van der Waals surface area contributed by atoms with Crippen molar-refractivity contribution in [2.24, 2.45) is 0 Å². The summed E-state index contributed by atoms with van der Waals surface area (Å²) in [5, 5.41) is 3.26. The molecule has 1 aromatic heterocycles. The summed E-state index contributed by atoms with van der Waals surface area (Å²) in [7, 11) is 0. The first-order chi connectivity index (χ1) is 6.97. The molecule has 0 aromatic carbocycles. The topological polar surface area (TPSA) is 46.1 Å². The van der Waals surface area contributed by atoms with Crippen molar-refractivity contribution in [2.45, 2.75) is 32.7 Å². The maximum atomic E-state index is 11.4. The Balaban J connectivity index is 2.20. The Labute approximate surface area is 90.6 Å². The van der Waals surface area contributed by atoms with Gasteiger partial charge in [0.05, 0.1) is 0 Å². The lowest BCUT2D eigenvalue weighted by molar-refractivity contribution is -0.117. The van der Waals surface area contributed by atoms with Gasteiger partial charge in [0.25, 0.3) is 0 Å². The molecule has 0 radical (unpaired) electrons. The summed E-state index contributed by atoms with van der Waals surface area (Å²) < 4.78 is 1.65. The Morgan fingerprint density at radius 1 is 1.27 bits per heavy atom. The fourth-order valence-electron chi connectivity index (χ4n) is 1.16. The normalized spacial score (nSPS) is 11.4. The fourth-order valence-corrected chi connectivity index (χ4v) is 1.16. The van der Waals surface area contributed by atoms with Crippen molar-refractivity contribution < 1.29 is 4.79 Å². The average Bonchev–Trinajstić information content (AvgIpc) is 2.54. The van der Waals surface area contributed by atoms with Crippen LogP contribution >= 0.6 is 0 Å². The van der Waals surface area contributed by atoms with Gasteiger partial charge in [-0.3, -0.25) is 14.9 Å². The number of aromatic nitrogens is 1. The van der Waals surface area contributed by atoms with Gasteiger partial charge in [-0.25, -0.2) is 0 Å². The number of hydrogen-bond acceptors (Lipinski definition) is 2. The van der Waals surface area contributed by atoms with Gasteiger partial charge in [-0.05, 0) is 32.9 Å². The summed E-state index contributed by atoms with van der Waals surface area (Å²) in [5.74, 6) is 0.0166. The molecule has 1 aromatic rings. The van der Waals surface area contributed by atoms with E-state index in [0.29, 0.717) is 13.0 Å². The molecule has 4 nitrogen and oxygen atoms in total. The highest BCUT2D eigenvalue weighted by atomic mass is 16.2. The lowest BCUT2D eigenvalue weighted by Crippen LogP contribution is -2.38. The van der Waals surface area contributed by atoms with Crippen LogP contribution in [-0.4, -0.2) is 22.7 Å². The Kier molecular flexibility index (Phi) is 3.91. The maximum absolute atomic E-state index is 11.4. The van der Waals surface area contributed by atoms with Crippen LogP contribution in [0.3, 0.4) is 0 Å². The summed E-state index contributed by atoms with van der Waals surface area (Å²) in [6.45, 7) is 6.93. The lowest BCUT2D eigenvalue weighted by Gasteiger charge is -2.20. The number of carbonyl (C=O) groups excluding carboxylic acids is 1.